The van der Waals surface area contributed by atoms with E-state index >= 15 is 0 Å². The molecule has 0 aromatic carbocycles. The number of hydrogen-bond acceptors (Lipinski definition) is 1. The van der Waals surface area contributed by atoms with Crippen molar-refractivity contribution in [2.45, 2.75) is 57.9 Å². The van der Waals surface area contributed by atoms with Gasteiger partial charge in [-0.25, -0.2) is 0 Å². The van der Waals surface area contributed by atoms with Gasteiger partial charge in [-0.15, -0.1) is 0 Å². The fourth-order valence-electron chi connectivity index (χ4n) is 1.77. The van der Waals surface area contributed by atoms with Crippen LogP contribution >= 0.6 is 0 Å². The van der Waals surface area contributed by atoms with E-state index in [0.717, 1.165) is 12.8 Å². The van der Waals surface area contributed by atoms with Gasteiger partial charge in [0.15, 0.2) is 0 Å². The minimum atomic E-state index is 0.144. The van der Waals surface area contributed by atoms with Crippen molar-refractivity contribution >= 4 is 5.91 Å². The summed E-state index contributed by atoms with van der Waals surface area (Å²) in [4.78, 5) is 10.7. The fourth-order valence-corrected chi connectivity index (χ4v) is 1.77. The van der Waals surface area contributed by atoms with E-state index in [9.17, 15) is 4.79 Å². The molecular weight excluding hydrogens is 150 g/mol. The van der Waals surface area contributed by atoms with Gasteiger partial charge in [-0.1, -0.05) is 32.6 Å². The molecule has 1 heterocycles. The maximum atomic E-state index is 10.7. The van der Waals surface area contributed by atoms with Crippen molar-refractivity contribution < 1.29 is 4.79 Å². The second-order valence-corrected chi connectivity index (χ2v) is 4.10. The number of carbonyl (C=O) groups is 1. The number of β-lactam (4-membered cyclic amide) rings is 1. The number of amides is 1. The minimum Gasteiger partial charge on any atom is -0.350 e. The summed E-state index contributed by atoms with van der Waals surface area (Å²) in [5.74, 6) is 0.216. The Morgan fingerprint density at radius 3 is 2.58 bits per heavy atom. The number of nitrogens with one attached hydrogen (secondary N) is 1. The summed E-state index contributed by atoms with van der Waals surface area (Å²) < 4.78 is 0. The minimum absolute atomic E-state index is 0.144. The van der Waals surface area contributed by atoms with E-state index in [2.05, 4.69) is 19.2 Å². The molecule has 0 aromatic rings. The first-order valence-electron chi connectivity index (χ1n) is 4.97. The molecule has 1 N–H and O–H groups in total. The van der Waals surface area contributed by atoms with Crippen LogP contribution in [0, 0.1) is 0 Å². The second-order valence-electron chi connectivity index (χ2n) is 4.10. The van der Waals surface area contributed by atoms with Gasteiger partial charge in [-0.2, -0.15) is 0 Å². The summed E-state index contributed by atoms with van der Waals surface area (Å²) in [6.45, 7) is 4.35. The summed E-state index contributed by atoms with van der Waals surface area (Å²) in [5, 5.41) is 2.96. The molecule has 1 rings (SSSR count). The Kier molecular flexibility index (Phi) is 3.12. The van der Waals surface area contributed by atoms with Crippen LogP contribution in [0.2, 0.25) is 0 Å². The molecule has 1 fully saturated rings. The van der Waals surface area contributed by atoms with Crippen LogP contribution in [0.3, 0.4) is 0 Å². The van der Waals surface area contributed by atoms with Crippen LogP contribution in [0.5, 0.6) is 0 Å². The van der Waals surface area contributed by atoms with Gasteiger partial charge in [0.05, 0.1) is 0 Å². The zero-order valence-corrected chi connectivity index (χ0v) is 8.15. The lowest BCUT2D eigenvalue weighted by Crippen LogP contribution is -2.58. The normalized spacial score (nSPS) is 28.0. The third-order valence-corrected chi connectivity index (χ3v) is 2.57. The highest BCUT2D eigenvalue weighted by Crippen LogP contribution is 2.25. The topological polar surface area (TPSA) is 29.1 Å². The highest BCUT2D eigenvalue weighted by atomic mass is 16.2. The van der Waals surface area contributed by atoms with Crippen LogP contribution in [0.4, 0.5) is 0 Å². The van der Waals surface area contributed by atoms with Gasteiger partial charge >= 0.3 is 0 Å². The molecule has 0 saturated carbocycles. The van der Waals surface area contributed by atoms with Gasteiger partial charge in [0.25, 0.3) is 0 Å². The van der Waals surface area contributed by atoms with E-state index in [0.29, 0.717) is 0 Å². The third kappa shape index (κ3) is 2.50. The van der Waals surface area contributed by atoms with Crippen LogP contribution in [0.1, 0.15) is 52.4 Å². The maximum Gasteiger partial charge on any atom is 0.222 e. The molecular formula is C10H19NO. The average Bonchev–Trinajstić information content (AvgIpc) is 1.96. The predicted octanol–water partition coefficient (Wildman–Crippen LogP) is 2.24. The molecule has 0 aliphatic carbocycles. The number of carbonyl (C=O) groups excluding carboxylic acids is 1. The first kappa shape index (κ1) is 9.56. The molecule has 2 nitrogen and oxygen atoms in total. The van der Waals surface area contributed by atoms with Crippen LogP contribution in [0.25, 0.3) is 0 Å². The van der Waals surface area contributed by atoms with Crippen molar-refractivity contribution in [3.8, 4) is 0 Å². The Balaban J connectivity index is 2.03. The Hall–Kier alpha value is -0.530. The lowest BCUT2D eigenvalue weighted by Gasteiger charge is -2.39. The summed E-state index contributed by atoms with van der Waals surface area (Å²) in [6, 6.07) is 0. The maximum absolute atomic E-state index is 10.7. The first-order valence-corrected chi connectivity index (χ1v) is 4.97. The lowest BCUT2D eigenvalue weighted by atomic mass is 9.84. The van der Waals surface area contributed by atoms with Gasteiger partial charge in [0.2, 0.25) is 5.91 Å². The largest absolute Gasteiger partial charge is 0.350 e. The number of hydrogen-bond donors (Lipinski definition) is 1. The number of unbranched alkanes of at least 4 members (excludes halogenated alkanes) is 3. The summed E-state index contributed by atoms with van der Waals surface area (Å²) >= 11 is 0. The number of rotatable bonds is 5. The Labute approximate surface area is 74.7 Å². The van der Waals surface area contributed by atoms with E-state index in [1.54, 1.807) is 0 Å². The van der Waals surface area contributed by atoms with Gasteiger partial charge in [0, 0.05) is 12.0 Å². The van der Waals surface area contributed by atoms with Crippen LogP contribution in [0.15, 0.2) is 0 Å². The van der Waals surface area contributed by atoms with Gasteiger partial charge in [-0.3, -0.25) is 4.79 Å². The Morgan fingerprint density at radius 2 is 2.08 bits per heavy atom. The van der Waals surface area contributed by atoms with Gasteiger partial charge in [0.1, 0.15) is 0 Å². The highest BCUT2D eigenvalue weighted by molar-refractivity contribution is 5.84. The summed E-state index contributed by atoms with van der Waals surface area (Å²) in [6.07, 6.45) is 7.05. The molecule has 1 aliphatic heterocycles. The van der Waals surface area contributed by atoms with Crippen molar-refractivity contribution in [1.29, 1.82) is 0 Å². The van der Waals surface area contributed by atoms with Crippen LogP contribution < -0.4 is 5.32 Å². The fraction of sp³-hybridized carbons (Fsp3) is 0.900. The van der Waals surface area contributed by atoms with Crippen molar-refractivity contribution in [2.75, 3.05) is 0 Å². The molecule has 1 aliphatic rings. The predicted molar refractivity (Wildman–Crippen MR) is 49.9 cm³/mol. The SMILES string of the molecule is CCCCCCC1(C)CC(=O)N1. The summed E-state index contributed by atoms with van der Waals surface area (Å²) in [5.41, 5.74) is 0.144. The molecule has 0 spiro atoms. The molecule has 0 aromatic heterocycles. The molecule has 1 unspecified atom stereocenters. The van der Waals surface area contributed by atoms with Gasteiger partial charge in [-0.05, 0) is 13.3 Å². The molecule has 1 amide bonds. The van der Waals surface area contributed by atoms with Crippen molar-refractivity contribution in [2.24, 2.45) is 0 Å². The summed E-state index contributed by atoms with van der Waals surface area (Å²) in [7, 11) is 0. The molecule has 1 atom stereocenters. The first-order chi connectivity index (χ1) is 5.66. The Bertz CT molecular complexity index is 157. The quantitative estimate of drug-likeness (QED) is 0.496. The van der Waals surface area contributed by atoms with Crippen molar-refractivity contribution in [3.05, 3.63) is 0 Å². The van der Waals surface area contributed by atoms with E-state index in [1.807, 2.05) is 0 Å². The van der Waals surface area contributed by atoms with E-state index < -0.39 is 0 Å². The smallest absolute Gasteiger partial charge is 0.222 e. The van der Waals surface area contributed by atoms with Crippen molar-refractivity contribution in [1.82, 2.24) is 5.32 Å². The van der Waals surface area contributed by atoms with E-state index in [4.69, 9.17) is 0 Å². The highest BCUT2D eigenvalue weighted by Gasteiger charge is 2.37. The molecule has 12 heavy (non-hydrogen) atoms. The average molecular weight is 169 g/mol. The standard InChI is InChI=1S/C10H19NO/c1-3-4-5-6-7-10(2)8-9(12)11-10/h3-8H2,1-2H3,(H,11,12). The van der Waals surface area contributed by atoms with E-state index in [-0.39, 0.29) is 11.4 Å². The third-order valence-electron chi connectivity index (χ3n) is 2.57. The molecule has 1 saturated heterocycles. The lowest BCUT2D eigenvalue weighted by molar-refractivity contribution is -0.132. The van der Waals surface area contributed by atoms with Crippen molar-refractivity contribution in [3.63, 3.8) is 0 Å². The van der Waals surface area contributed by atoms with E-state index in [1.165, 1.54) is 25.7 Å². The molecule has 0 radical (unpaired) electrons. The zero-order chi connectivity index (χ0) is 9.03. The van der Waals surface area contributed by atoms with Crippen LogP contribution in [-0.2, 0) is 4.79 Å². The second kappa shape index (κ2) is 3.92. The monoisotopic (exact) mass is 169 g/mol. The Morgan fingerprint density at radius 1 is 1.42 bits per heavy atom. The molecule has 0 bridgehead atoms. The molecule has 70 valence electrons. The molecule has 2 heteroatoms. The van der Waals surface area contributed by atoms with Gasteiger partial charge < -0.3 is 5.32 Å². The van der Waals surface area contributed by atoms with Crippen LogP contribution in [-0.4, -0.2) is 11.4 Å². The zero-order valence-electron chi connectivity index (χ0n) is 8.15.